The molecule has 3 aromatic heterocycles. The molecule has 1 fully saturated rings. The third-order valence-electron chi connectivity index (χ3n) is 5.84. The van der Waals surface area contributed by atoms with Gasteiger partial charge in [0.25, 0.3) is 11.8 Å². The van der Waals surface area contributed by atoms with Gasteiger partial charge in [-0.25, -0.2) is 0 Å². The summed E-state index contributed by atoms with van der Waals surface area (Å²) in [7, 11) is 1.84. The number of aromatic nitrogens is 5. The molecule has 0 spiro atoms. The molecule has 1 unspecified atom stereocenters. The quantitative estimate of drug-likeness (QED) is 0.522. The van der Waals surface area contributed by atoms with Crippen LogP contribution in [0.1, 0.15) is 40.7 Å². The summed E-state index contributed by atoms with van der Waals surface area (Å²) in [5.41, 5.74) is 2.19. The van der Waals surface area contributed by atoms with Gasteiger partial charge in [0.15, 0.2) is 0 Å². The van der Waals surface area contributed by atoms with E-state index in [1.807, 2.05) is 49.2 Å². The fourth-order valence-corrected chi connectivity index (χ4v) is 4.03. The van der Waals surface area contributed by atoms with Crippen LogP contribution in [0.2, 0.25) is 0 Å². The van der Waals surface area contributed by atoms with Crippen LogP contribution in [-0.2, 0) is 7.05 Å². The normalized spacial score (nSPS) is 16.9. The first kappa shape index (κ1) is 18.5. The van der Waals surface area contributed by atoms with Crippen LogP contribution in [0.25, 0.3) is 22.4 Å². The number of benzene rings is 1. The zero-order valence-corrected chi connectivity index (χ0v) is 16.9. The fraction of sp³-hybridized carbons (Fsp3) is 0.318. The number of likely N-dealkylation sites (tertiary alicyclic amines) is 1. The van der Waals surface area contributed by atoms with E-state index in [2.05, 4.69) is 20.3 Å². The Balaban J connectivity index is 1.39. The molecule has 4 aromatic rings. The molecule has 1 atom stereocenters. The standard InChI is InChI=1S/C22H22N6O2/c1-14-18(12-24-27(14)2)22(29)28-11-5-7-16(13-28)20-25-26-21(30-20)19-17-8-4-3-6-15(17)9-10-23-19/h3-4,6,8-10,12,16H,5,7,11,13H2,1-2H3. The van der Waals surface area contributed by atoms with E-state index in [-0.39, 0.29) is 11.8 Å². The van der Waals surface area contributed by atoms with Crippen LogP contribution in [0.3, 0.4) is 0 Å². The van der Waals surface area contributed by atoms with Gasteiger partial charge in [0, 0.05) is 37.4 Å². The van der Waals surface area contributed by atoms with E-state index >= 15 is 0 Å². The van der Waals surface area contributed by atoms with Crippen LogP contribution < -0.4 is 0 Å². The van der Waals surface area contributed by atoms with Crippen molar-refractivity contribution in [1.82, 2.24) is 29.9 Å². The maximum absolute atomic E-state index is 13.0. The van der Waals surface area contributed by atoms with E-state index in [1.54, 1.807) is 17.1 Å². The Labute approximate surface area is 173 Å². The molecule has 1 saturated heterocycles. The van der Waals surface area contributed by atoms with Crippen LogP contribution in [0.4, 0.5) is 0 Å². The van der Waals surface area contributed by atoms with E-state index in [0.29, 0.717) is 29.6 Å². The summed E-state index contributed by atoms with van der Waals surface area (Å²) in [6, 6.07) is 9.95. The molecule has 1 aliphatic heterocycles. The van der Waals surface area contributed by atoms with Gasteiger partial charge >= 0.3 is 0 Å². The molecule has 4 heterocycles. The predicted octanol–water partition coefficient (Wildman–Crippen LogP) is 3.35. The summed E-state index contributed by atoms with van der Waals surface area (Å²) in [4.78, 5) is 19.3. The molecule has 1 aliphatic rings. The smallest absolute Gasteiger partial charge is 0.266 e. The molecule has 1 amide bonds. The molecule has 0 aliphatic carbocycles. The zero-order chi connectivity index (χ0) is 20.7. The van der Waals surface area contributed by atoms with Gasteiger partial charge in [-0.2, -0.15) is 5.10 Å². The highest BCUT2D eigenvalue weighted by molar-refractivity contribution is 5.95. The lowest BCUT2D eigenvalue weighted by Crippen LogP contribution is -2.39. The predicted molar refractivity (Wildman–Crippen MR) is 111 cm³/mol. The highest BCUT2D eigenvalue weighted by Gasteiger charge is 2.30. The van der Waals surface area contributed by atoms with E-state index in [0.717, 1.165) is 35.9 Å². The van der Waals surface area contributed by atoms with Crippen molar-refractivity contribution in [3.8, 4) is 11.6 Å². The maximum atomic E-state index is 13.0. The number of hydrogen-bond donors (Lipinski definition) is 0. The minimum atomic E-state index is 0.000703. The van der Waals surface area contributed by atoms with Gasteiger partial charge < -0.3 is 9.32 Å². The van der Waals surface area contributed by atoms with Crippen LogP contribution in [0, 0.1) is 6.92 Å². The van der Waals surface area contributed by atoms with E-state index in [9.17, 15) is 4.79 Å². The number of hydrogen-bond acceptors (Lipinski definition) is 6. The molecule has 5 rings (SSSR count). The van der Waals surface area contributed by atoms with Crippen molar-refractivity contribution in [3.05, 3.63) is 59.9 Å². The Bertz CT molecular complexity index is 1220. The topological polar surface area (TPSA) is 89.9 Å². The third-order valence-corrected chi connectivity index (χ3v) is 5.84. The lowest BCUT2D eigenvalue weighted by atomic mass is 9.97. The van der Waals surface area contributed by atoms with Gasteiger partial charge in [-0.3, -0.25) is 14.5 Å². The second kappa shape index (κ2) is 7.37. The van der Waals surface area contributed by atoms with Gasteiger partial charge in [-0.05, 0) is 31.2 Å². The molecular formula is C22H22N6O2. The van der Waals surface area contributed by atoms with Crippen molar-refractivity contribution in [1.29, 1.82) is 0 Å². The SMILES string of the molecule is Cc1c(C(=O)N2CCCC(c3nnc(-c4nccc5ccccc45)o3)C2)cnn1C. The first-order valence-corrected chi connectivity index (χ1v) is 10.1. The first-order valence-electron chi connectivity index (χ1n) is 10.1. The molecule has 0 bridgehead atoms. The van der Waals surface area contributed by atoms with Gasteiger partial charge in [0.1, 0.15) is 5.69 Å². The van der Waals surface area contributed by atoms with Crippen molar-refractivity contribution >= 4 is 16.7 Å². The van der Waals surface area contributed by atoms with E-state index < -0.39 is 0 Å². The summed E-state index contributed by atoms with van der Waals surface area (Å²) in [6.45, 7) is 3.18. The van der Waals surface area contributed by atoms with Crippen molar-refractivity contribution in [2.24, 2.45) is 7.05 Å². The summed E-state index contributed by atoms with van der Waals surface area (Å²) in [5, 5.41) is 14.8. The molecule has 30 heavy (non-hydrogen) atoms. The summed E-state index contributed by atoms with van der Waals surface area (Å²) >= 11 is 0. The number of piperidine rings is 1. The van der Waals surface area contributed by atoms with Gasteiger partial charge in [-0.15, -0.1) is 10.2 Å². The van der Waals surface area contributed by atoms with Crippen molar-refractivity contribution in [2.45, 2.75) is 25.7 Å². The van der Waals surface area contributed by atoms with Gasteiger partial charge in [0.05, 0.1) is 17.7 Å². The number of nitrogens with zero attached hydrogens (tertiary/aromatic N) is 6. The Morgan fingerprint density at radius 2 is 2.07 bits per heavy atom. The molecule has 0 N–H and O–H groups in total. The highest BCUT2D eigenvalue weighted by Crippen LogP contribution is 2.31. The second-order valence-electron chi connectivity index (χ2n) is 7.68. The summed E-state index contributed by atoms with van der Waals surface area (Å²) < 4.78 is 7.76. The van der Waals surface area contributed by atoms with Gasteiger partial charge in [0.2, 0.25) is 5.89 Å². The zero-order valence-electron chi connectivity index (χ0n) is 16.9. The Morgan fingerprint density at radius 1 is 1.20 bits per heavy atom. The summed E-state index contributed by atoms with van der Waals surface area (Å²) in [6.07, 6.45) is 5.18. The third kappa shape index (κ3) is 3.14. The number of aryl methyl sites for hydroxylation is 1. The van der Waals surface area contributed by atoms with Crippen molar-refractivity contribution in [2.75, 3.05) is 13.1 Å². The van der Waals surface area contributed by atoms with Crippen LogP contribution in [-0.4, -0.2) is 48.9 Å². The Hall–Kier alpha value is -3.55. The minimum absolute atomic E-state index is 0.000703. The summed E-state index contributed by atoms with van der Waals surface area (Å²) in [5.74, 6) is 0.977. The number of carbonyl (C=O) groups excluding carboxylic acids is 1. The van der Waals surface area contributed by atoms with Gasteiger partial charge in [-0.1, -0.05) is 24.3 Å². The Kier molecular flexibility index (Phi) is 4.54. The molecule has 0 saturated carbocycles. The average molecular weight is 402 g/mol. The maximum Gasteiger partial charge on any atom is 0.266 e. The highest BCUT2D eigenvalue weighted by atomic mass is 16.4. The molecular weight excluding hydrogens is 380 g/mol. The molecule has 8 heteroatoms. The van der Waals surface area contributed by atoms with Crippen LogP contribution >= 0.6 is 0 Å². The number of carbonyl (C=O) groups is 1. The molecule has 1 aromatic carbocycles. The number of pyridine rings is 1. The van der Waals surface area contributed by atoms with E-state index in [1.165, 1.54) is 0 Å². The fourth-order valence-electron chi connectivity index (χ4n) is 4.03. The largest absolute Gasteiger partial charge is 0.419 e. The number of rotatable bonds is 3. The van der Waals surface area contributed by atoms with E-state index in [4.69, 9.17) is 4.42 Å². The lowest BCUT2D eigenvalue weighted by Gasteiger charge is -2.31. The van der Waals surface area contributed by atoms with Crippen molar-refractivity contribution < 1.29 is 9.21 Å². The lowest BCUT2D eigenvalue weighted by molar-refractivity contribution is 0.0697. The number of amides is 1. The second-order valence-corrected chi connectivity index (χ2v) is 7.68. The monoisotopic (exact) mass is 402 g/mol. The molecule has 0 radical (unpaired) electrons. The van der Waals surface area contributed by atoms with Crippen LogP contribution in [0.5, 0.6) is 0 Å². The first-order chi connectivity index (χ1) is 14.6. The average Bonchev–Trinajstić information content (AvgIpc) is 3.40. The minimum Gasteiger partial charge on any atom is -0.419 e. The Morgan fingerprint density at radius 3 is 2.90 bits per heavy atom. The number of fused-ring (bicyclic) bond motifs is 1. The van der Waals surface area contributed by atoms with Crippen molar-refractivity contribution in [3.63, 3.8) is 0 Å². The molecule has 152 valence electrons. The molecule has 8 nitrogen and oxygen atoms in total. The van der Waals surface area contributed by atoms with Crippen LogP contribution in [0.15, 0.2) is 47.1 Å².